The number of hydrogen-bond donors (Lipinski definition) is 1. The van der Waals surface area contributed by atoms with Crippen LogP contribution < -0.4 is 4.74 Å². The summed E-state index contributed by atoms with van der Waals surface area (Å²) in [4.78, 5) is 32.0. The molecule has 1 aromatic heterocycles. The maximum absolute atomic E-state index is 13.1. The molecule has 1 N–H and O–H groups in total. The van der Waals surface area contributed by atoms with Gasteiger partial charge in [0.25, 0.3) is 11.8 Å². The molecule has 3 heterocycles. The van der Waals surface area contributed by atoms with Gasteiger partial charge in [-0.25, -0.2) is 0 Å². The van der Waals surface area contributed by atoms with E-state index in [0.29, 0.717) is 49.6 Å². The first kappa shape index (κ1) is 19.4. The lowest BCUT2D eigenvalue weighted by Gasteiger charge is -2.34. The third-order valence-electron chi connectivity index (χ3n) is 5.85. The number of likely N-dealkylation sites (N-methyl/N-ethyl adjacent to an activating group) is 1. The van der Waals surface area contributed by atoms with E-state index in [4.69, 9.17) is 4.74 Å². The fourth-order valence-electron chi connectivity index (χ4n) is 4.00. The van der Waals surface area contributed by atoms with Gasteiger partial charge in [-0.2, -0.15) is 5.10 Å². The Morgan fingerprint density at radius 3 is 2.62 bits per heavy atom. The highest BCUT2D eigenvalue weighted by Crippen LogP contribution is 2.24. The number of benzene rings is 1. The fraction of sp³-hybridized carbons (Fsp3) is 0.476. The molecule has 2 amide bonds. The topological polar surface area (TPSA) is 81.8 Å². The molecular formula is C21H27N5O3. The number of nitrogens with zero attached hydrogens (tertiary/aromatic N) is 4. The van der Waals surface area contributed by atoms with Crippen molar-refractivity contribution in [2.24, 2.45) is 0 Å². The lowest BCUT2D eigenvalue weighted by atomic mass is 10.0. The molecule has 1 aromatic carbocycles. The number of piperazine rings is 1. The van der Waals surface area contributed by atoms with E-state index >= 15 is 0 Å². The minimum absolute atomic E-state index is 0.0473. The molecule has 0 atom stereocenters. The van der Waals surface area contributed by atoms with Gasteiger partial charge in [0.15, 0.2) is 5.69 Å². The Morgan fingerprint density at radius 2 is 1.90 bits per heavy atom. The summed E-state index contributed by atoms with van der Waals surface area (Å²) in [7, 11) is 1.58. The molecule has 0 aliphatic carbocycles. The van der Waals surface area contributed by atoms with Gasteiger partial charge < -0.3 is 19.4 Å². The number of ether oxygens (including phenoxy) is 1. The van der Waals surface area contributed by atoms with Crippen LogP contribution in [0.2, 0.25) is 0 Å². The van der Waals surface area contributed by atoms with Gasteiger partial charge in [-0.05, 0) is 24.7 Å². The van der Waals surface area contributed by atoms with Crippen LogP contribution in [0.4, 0.5) is 0 Å². The van der Waals surface area contributed by atoms with Gasteiger partial charge in [0.2, 0.25) is 0 Å². The molecule has 8 heteroatoms. The van der Waals surface area contributed by atoms with Crippen LogP contribution in [-0.4, -0.2) is 83.1 Å². The van der Waals surface area contributed by atoms with Crippen molar-refractivity contribution in [1.29, 1.82) is 0 Å². The summed E-state index contributed by atoms with van der Waals surface area (Å²) in [6, 6.07) is 7.15. The van der Waals surface area contributed by atoms with Crippen LogP contribution in [0, 0.1) is 0 Å². The predicted octanol–water partition coefficient (Wildman–Crippen LogP) is 1.39. The number of nitrogens with one attached hydrogen (secondary N) is 1. The first-order valence-corrected chi connectivity index (χ1v) is 10.1. The van der Waals surface area contributed by atoms with Crippen molar-refractivity contribution in [3.05, 3.63) is 46.8 Å². The average Bonchev–Trinajstić information content (AvgIpc) is 3.21. The summed E-state index contributed by atoms with van der Waals surface area (Å²) in [6.07, 6.45) is 0.662. The summed E-state index contributed by atoms with van der Waals surface area (Å²) in [5, 5.41) is 7.34. The van der Waals surface area contributed by atoms with Crippen molar-refractivity contribution in [2.75, 3.05) is 46.4 Å². The highest BCUT2D eigenvalue weighted by molar-refractivity contribution is 5.96. The number of carbonyl (C=O) groups excluding carboxylic acids is 2. The molecule has 0 saturated carbocycles. The molecule has 8 nitrogen and oxygen atoms in total. The van der Waals surface area contributed by atoms with Gasteiger partial charge in [0, 0.05) is 56.0 Å². The molecule has 0 spiro atoms. The number of carbonyl (C=O) groups is 2. The van der Waals surface area contributed by atoms with E-state index in [1.54, 1.807) is 24.1 Å². The van der Waals surface area contributed by atoms with E-state index in [9.17, 15) is 9.59 Å². The van der Waals surface area contributed by atoms with E-state index in [-0.39, 0.29) is 11.8 Å². The van der Waals surface area contributed by atoms with Crippen molar-refractivity contribution in [3.63, 3.8) is 0 Å². The molecule has 2 aliphatic rings. The zero-order valence-corrected chi connectivity index (χ0v) is 17.0. The molecular weight excluding hydrogens is 370 g/mol. The van der Waals surface area contributed by atoms with Crippen LogP contribution >= 0.6 is 0 Å². The molecule has 2 aromatic rings. The normalized spacial score (nSPS) is 17.2. The minimum Gasteiger partial charge on any atom is -0.497 e. The van der Waals surface area contributed by atoms with Gasteiger partial charge in [-0.3, -0.25) is 14.7 Å². The van der Waals surface area contributed by atoms with E-state index in [2.05, 4.69) is 22.0 Å². The summed E-state index contributed by atoms with van der Waals surface area (Å²) >= 11 is 0. The average molecular weight is 397 g/mol. The number of methoxy groups -OCH3 is 1. The third-order valence-corrected chi connectivity index (χ3v) is 5.85. The molecule has 0 bridgehead atoms. The van der Waals surface area contributed by atoms with Crippen LogP contribution in [0.1, 0.15) is 39.0 Å². The Bertz CT molecular complexity index is 901. The maximum Gasteiger partial charge on any atom is 0.274 e. The van der Waals surface area contributed by atoms with Crippen molar-refractivity contribution < 1.29 is 14.3 Å². The fourth-order valence-corrected chi connectivity index (χ4v) is 4.00. The molecule has 29 heavy (non-hydrogen) atoms. The summed E-state index contributed by atoms with van der Waals surface area (Å²) < 4.78 is 5.23. The van der Waals surface area contributed by atoms with E-state index < -0.39 is 0 Å². The second-order valence-electron chi connectivity index (χ2n) is 7.46. The molecule has 2 aliphatic heterocycles. The second kappa shape index (κ2) is 8.24. The number of aromatic nitrogens is 2. The van der Waals surface area contributed by atoms with Crippen LogP contribution in [0.5, 0.6) is 5.75 Å². The Kier molecular flexibility index (Phi) is 5.53. The van der Waals surface area contributed by atoms with Gasteiger partial charge >= 0.3 is 0 Å². The zero-order chi connectivity index (χ0) is 20.4. The minimum atomic E-state index is -0.0642. The number of rotatable bonds is 4. The zero-order valence-electron chi connectivity index (χ0n) is 17.0. The van der Waals surface area contributed by atoms with Gasteiger partial charge in [-0.1, -0.05) is 13.0 Å². The quantitative estimate of drug-likeness (QED) is 0.843. The Morgan fingerprint density at radius 1 is 1.10 bits per heavy atom. The first-order valence-electron chi connectivity index (χ1n) is 10.1. The molecule has 0 unspecified atom stereocenters. The predicted molar refractivity (Wildman–Crippen MR) is 108 cm³/mol. The Labute approximate surface area is 170 Å². The standard InChI is InChI=1S/C21H27N5O3/c1-3-24-9-11-25(12-10-24)21(28)19-17-14-26(8-7-18(17)22-23-19)20(27)15-5-4-6-16(13-15)29-2/h4-6,13H,3,7-12,14H2,1-2H3,(H,22,23). The van der Waals surface area contributed by atoms with Crippen molar-refractivity contribution in [3.8, 4) is 5.75 Å². The van der Waals surface area contributed by atoms with Gasteiger partial charge in [0.05, 0.1) is 13.7 Å². The lowest BCUT2D eigenvalue weighted by Crippen LogP contribution is -2.48. The van der Waals surface area contributed by atoms with E-state index in [0.717, 1.165) is 30.9 Å². The maximum atomic E-state index is 13.1. The molecule has 1 fully saturated rings. The molecule has 0 radical (unpaired) electrons. The second-order valence-corrected chi connectivity index (χ2v) is 7.46. The Balaban J connectivity index is 1.50. The lowest BCUT2D eigenvalue weighted by molar-refractivity contribution is 0.0629. The Hall–Kier alpha value is -2.87. The van der Waals surface area contributed by atoms with Crippen molar-refractivity contribution >= 4 is 11.8 Å². The van der Waals surface area contributed by atoms with Crippen LogP contribution in [0.25, 0.3) is 0 Å². The SMILES string of the molecule is CCN1CCN(C(=O)c2n[nH]c3c2CN(C(=O)c2cccc(OC)c2)CC3)CC1. The monoisotopic (exact) mass is 397 g/mol. The number of hydrogen-bond acceptors (Lipinski definition) is 5. The van der Waals surface area contributed by atoms with Crippen LogP contribution in [-0.2, 0) is 13.0 Å². The third kappa shape index (κ3) is 3.85. The summed E-state index contributed by atoms with van der Waals surface area (Å²) in [5.74, 6) is 0.540. The molecule has 154 valence electrons. The molecule has 1 saturated heterocycles. The first-order chi connectivity index (χ1) is 14.1. The summed E-state index contributed by atoms with van der Waals surface area (Å²) in [6.45, 7) is 7.30. The highest BCUT2D eigenvalue weighted by atomic mass is 16.5. The number of fused-ring (bicyclic) bond motifs is 1. The van der Waals surface area contributed by atoms with E-state index in [1.165, 1.54) is 0 Å². The number of aromatic amines is 1. The number of H-pyrrole nitrogens is 1. The van der Waals surface area contributed by atoms with Crippen LogP contribution in [0.15, 0.2) is 24.3 Å². The summed E-state index contributed by atoms with van der Waals surface area (Å²) in [5.41, 5.74) is 2.83. The van der Waals surface area contributed by atoms with Crippen molar-refractivity contribution in [1.82, 2.24) is 24.9 Å². The molecule has 4 rings (SSSR count). The van der Waals surface area contributed by atoms with Crippen molar-refractivity contribution in [2.45, 2.75) is 19.9 Å². The van der Waals surface area contributed by atoms with Crippen LogP contribution in [0.3, 0.4) is 0 Å². The van der Waals surface area contributed by atoms with E-state index in [1.807, 2.05) is 17.0 Å². The van der Waals surface area contributed by atoms with Gasteiger partial charge in [-0.15, -0.1) is 0 Å². The smallest absolute Gasteiger partial charge is 0.274 e. The highest BCUT2D eigenvalue weighted by Gasteiger charge is 2.31. The number of amides is 2. The van der Waals surface area contributed by atoms with Gasteiger partial charge in [0.1, 0.15) is 5.75 Å². The largest absolute Gasteiger partial charge is 0.497 e.